The van der Waals surface area contributed by atoms with Crippen LogP contribution in [0.2, 0.25) is 5.02 Å². The molecule has 0 spiro atoms. The number of piperidine rings is 1. The van der Waals surface area contributed by atoms with Gasteiger partial charge in [-0.2, -0.15) is 0 Å². The summed E-state index contributed by atoms with van der Waals surface area (Å²) >= 11 is 6.07. The van der Waals surface area contributed by atoms with Crippen LogP contribution in [0.1, 0.15) is 29.9 Å². The molecule has 2 rings (SSSR count). The molecule has 0 saturated carbocycles. The topological polar surface area (TPSA) is 105 Å². The Labute approximate surface area is 128 Å². The van der Waals surface area contributed by atoms with Crippen molar-refractivity contribution < 1.29 is 9.63 Å². The number of nitrogens with one attached hydrogen (secondary N) is 1. The summed E-state index contributed by atoms with van der Waals surface area (Å²) in [7, 11) is 0. The molecule has 0 unspecified atom stereocenters. The molecule has 0 bridgehead atoms. The number of nitrogen functional groups attached to an aromatic ring is 1. The predicted octanol–water partition coefficient (Wildman–Crippen LogP) is 1.52. The van der Waals surface area contributed by atoms with E-state index in [9.17, 15) is 4.79 Å². The average Bonchev–Trinajstić information content (AvgIpc) is 2.47. The Hall–Kier alpha value is -1.63. The van der Waals surface area contributed by atoms with Gasteiger partial charge in [0.2, 0.25) is 0 Å². The van der Waals surface area contributed by atoms with E-state index in [0.29, 0.717) is 23.8 Å². The van der Waals surface area contributed by atoms with Gasteiger partial charge in [-0.05, 0) is 36.5 Å². The number of hydrogen-bond donors (Lipinski definition) is 3. The third-order valence-corrected chi connectivity index (χ3v) is 4.07. The Morgan fingerprint density at radius 3 is 2.71 bits per heavy atom. The second-order valence-electron chi connectivity index (χ2n) is 5.11. The SMILES string of the molecule is N=Cc1c(N)cc(Cl)cc1C1CCN(C(=O)CON)CC1. The Morgan fingerprint density at radius 1 is 1.48 bits per heavy atom. The summed E-state index contributed by atoms with van der Waals surface area (Å²) < 4.78 is 0. The summed E-state index contributed by atoms with van der Waals surface area (Å²) in [5.74, 6) is 5.06. The summed E-state index contributed by atoms with van der Waals surface area (Å²) in [5, 5.41) is 8.11. The van der Waals surface area contributed by atoms with Gasteiger partial charge in [-0.15, -0.1) is 0 Å². The number of likely N-dealkylation sites (tertiary alicyclic amines) is 1. The van der Waals surface area contributed by atoms with Crippen molar-refractivity contribution in [2.45, 2.75) is 18.8 Å². The van der Waals surface area contributed by atoms with Crippen LogP contribution < -0.4 is 11.6 Å². The molecule has 5 N–H and O–H groups in total. The molecule has 1 aromatic rings. The van der Waals surface area contributed by atoms with Crippen LogP contribution in [0.25, 0.3) is 0 Å². The van der Waals surface area contributed by atoms with Crippen molar-refractivity contribution in [1.82, 2.24) is 4.90 Å². The lowest BCUT2D eigenvalue weighted by Gasteiger charge is -2.32. The van der Waals surface area contributed by atoms with Crippen molar-refractivity contribution in [3.8, 4) is 0 Å². The number of carbonyl (C=O) groups excluding carboxylic acids is 1. The number of anilines is 1. The van der Waals surface area contributed by atoms with Crippen LogP contribution in [0.3, 0.4) is 0 Å². The van der Waals surface area contributed by atoms with Gasteiger partial charge >= 0.3 is 0 Å². The number of benzene rings is 1. The summed E-state index contributed by atoms with van der Waals surface area (Å²) in [4.78, 5) is 17.8. The maximum absolute atomic E-state index is 11.7. The Morgan fingerprint density at radius 2 is 2.14 bits per heavy atom. The van der Waals surface area contributed by atoms with E-state index in [1.165, 1.54) is 6.21 Å². The van der Waals surface area contributed by atoms with Gasteiger partial charge < -0.3 is 16.0 Å². The average molecular weight is 311 g/mol. The van der Waals surface area contributed by atoms with Crippen LogP contribution in [-0.2, 0) is 9.63 Å². The number of hydrogen-bond acceptors (Lipinski definition) is 5. The maximum Gasteiger partial charge on any atom is 0.250 e. The lowest BCUT2D eigenvalue weighted by Crippen LogP contribution is -2.40. The molecule has 0 aromatic heterocycles. The van der Waals surface area contributed by atoms with Gasteiger partial charge in [0.1, 0.15) is 6.61 Å². The highest BCUT2D eigenvalue weighted by Gasteiger charge is 2.25. The summed E-state index contributed by atoms with van der Waals surface area (Å²) in [5.41, 5.74) is 8.14. The minimum absolute atomic E-state index is 0.0967. The molecule has 0 radical (unpaired) electrons. The molecule has 114 valence electrons. The van der Waals surface area contributed by atoms with E-state index in [4.69, 9.17) is 28.6 Å². The third kappa shape index (κ3) is 3.53. The molecule has 0 aliphatic carbocycles. The minimum Gasteiger partial charge on any atom is -0.398 e. The lowest BCUT2D eigenvalue weighted by molar-refractivity contribution is -0.137. The molecule has 1 aliphatic heterocycles. The van der Waals surface area contributed by atoms with Gasteiger partial charge in [0.05, 0.1) is 0 Å². The van der Waals surface area contributed by atoms with Crippen molar-refractivity contribution >= 4 is 29.4 Å². The van der Waals surface area contributed by atoms with Gasteiger partial charge in [-0.3, -0.25) is 9.63 Å². The molecular weight excluding hydrogens is 292 g/mol. The van der Waals surface area contributed by atoms with E-state index in [1.807, 2.05) is 6.07 Å². The Bertz CT molecular complexity index is 542. The van der Waals surface area contributed by atoms with Crippen LogP contribution in [0.15, 0.2) is 12.1 Å². The van der Waals surface area contributed by atoms with E-state index in [-0.39, 0.29) is 18.4 Å². The number of rotatable bonds is 4. The molecule has 21 heavy (non-hydrogen) atoms. The van der Waals surface area contributed by atoms with Crippen LogP contribution in [0.4, 0.5) is 5.69 Å². The standard InChI is InChI=1S/C14H19ClN4O2/c15-10-5-11(12(7-16)13(17)6-10)9-1-3-19(4-2-9)14(20)8-21-18/h5-7,9,16H,1-4,8,17-18H2. The molecule has 1 saturated heterocycles. The van der Waals surface area contributed by atoms with Crippen molar-refractivity contribution in [2.75, 3.05) is 25.4 Å². The first kappa shape index (κ1) is 15.8. The fourth-order valence-corrected chi connectivity index (χ4v) is 3.00. The predicted molar refractivity (Wildman–Crippen MR) is 82.4 cm³/mol. The number of carbonyl (C=O) groups is 1. The molecular formula is C14H19ClN4O2. The number of halogens is 1. The largest absolute Gasteiger partial charge is 0.398 e. The van der Waals surface area contributed by atoms with E-state index in [2.05, 4.69) is 4.84 Å². The first-order chi connectivity index (χ1) is 10.1. The fourth-order valence-electron chi connectivity index (χ4n) is 2.77. The van der Waals surface area contributed by atoms with Gasteiger partial charge in [-0.1, -0.05) is 11.6 Å². The highest BCUT2D eigenvalue weighted by atomic mass is 35.5. The summed E-state index contributed by atoms with van der Waals surface area (Å²) in [6.07, 6.45) is 2.87. The van der Waals surface area contributed by atoms with Crippen molar-refractivity contribution in [1.29, 1.82) is 5.41 Å². The first-order valence-electron chi connectivity index (χ1n) is 6.75. The molecule has 1 aromatic carbocycles. The molecule has 1 amide bonds. The Kier molecular flexibility index (Phi) is 5.17. The quantitative estimate of drug-likeness (QED) is 0.445. The first-order valence-corrected chi connectivity index (χ1v) is 7.13. The van der Waals surface area contributed by atoms with Gasteiger partial charge in [0.25, 0.3) is 5.91 Å². The number of nitrogens with two attached hydrogens (primary N) is 2. The van der Waals surface area contributed by atoms with E-state index in [0.717, 1.165) is 24.0 Å². The Balaban J connectivity index is 2.12. The highest BCUT2D eigenvalue weighted by Crippen LogP contribution is 2.34. The lowest BCUT2D eigenvalue weighted by atomic mass is 9.86. The van der Waals surface area contributed by atoms with Gasteiger partial charge in [0, 0.05) is 35.6 Å². The second kappa shape index (κ2) is 6.89. The van der Waals surface area contributed by atoms with Crippen molar-refractivity contribution in [3.05, 3.63) is 28.3 Å². The highest BCUT2D eigenvalue weighted by molar-refractivity contribution is 6.31. The number of amides is 1. The van der Waals surface area contributed by atoms with E-state index >= 15 is 0 Å². The normalized spacial score (nSPS) is 16.0. The maximum atomic E-state index is 11.7. The zero-order valence-corrected chi connectivity index (χ0v) is 12.4. The zero-order valence-electron chi connectivity index (χ0n) is 11.6. The van der Waals surface area contributed by atoms with Crippen molar-refractivity contribution in [2.24, 2.45) is 5.90 Å². The van der Waals surface area contributed by atoms with E-state index < -0.39 is 0 Å². The van der Waals surface area contributed by atoms with Crippen molar-refractivity contribution in [3.63, 3.8) is 0 Å². The third-order valence-electron chi connectivity index (χ3n) is 3.85. The summed E-state index contributed by atoms with van der Waals surface area (Å²) in [6, 6.07) is 3.52. The molecule has 1 heterocycles. The molecule has 1 aliphatic rings. The minimum atomic E-state index is -0.103. The fraction of sp³-hybridized carbons (Fsp3) is 0.429. The van der Waals surface area contributed by atoms with Crippen LogP contribution >= 0.6 is 11.6 Å². The molecule has 6 nitrogen and oxygen atoms in total. The zero-order chi connectivity index (χ0) is 15.4. The van der Waals surface area contributed by atoms with Crippen LogP contribution in [-0.4, -0.2) is 36.7 Å². The van der Waals surface area contributed by atoms with Crippen LogP contribution in [0, 0.1) is 5.41 Å². The van der Waals surface area contributed by atoms with Gasteiger partial charge in [-0.25, -0.2) is 5.90 Å². The molecule has 1 fully saturated rings. The summed E-state index contributed by atoms with van der Waals surface area (Å²) in [6.45, 7) is 1.17. The molecule has 7 heteroatoms. The smallest absolute Gasteiger partial charge is 0.250 e. The van der Waals surface area contributed by atoms with Gasteiger partial charge in [0.15, 0.2) is 0 Å². The van der Waals surface area contributed by atoms with Crippen LogP contribution in [0.5, 0.6) is 0 Å². The van der Waals surface area contributed by atoms with E-state index in [1.54, 1.807) is 11.0 Å². The monoisotopic (exact) mass is 310 g/mol. The second-order valence-corrected chi connectivity index (χ2v) is 5.54. The molecule has 0 atom stereocenters. The number of nitrogens with zero attached hydrogens (tertiary/aromatic N) is 1.